The van der Waals surface area contributed by atoms with Crippen molar-refractivity contribution in [2.45, 2.75) is 13.8 Å². The maximum absolute atomic E-state index is 5.75. The molecular weight excluding hydrogens is 228 g/mol. The second-order valence-corrected chi connectivity index (χ2v) is 3.87. The Morgan fingerprint density at radius 3 is 2.67 bits per heavy atom. The van der Waals surface area contributed by atoms with E-state index in [1.165, 1.54) is 0 Å². The van der Waals surface area contributed by atoms with Gasteiger partial charge in [0, 0.05) is 17.8 Å². The van der Waals surface area contributed by atoms with E-state index >= 15 is 0 Å². The molecule has 0 bridgehead atoms. The molecule has 0 saturated heterocycles. The van der Waals surface area contributed by atoms with E-state index in [1.807, 2.05) is 38.1 Å². The van der Waals surface area contributed by atoms with Crippen LogP contribution >= 0.6 is 0 Å². The molecule has 0 radical (unpaired) electrons. The fourth-order valence-corrected chi connectivity index (χ4v) is 1.51. The first-order chi connectivity index (χ1) is 8.69. The molecule has 0 saturated carbocycles. The molecule has 0 fully saturated rings. The number of aromatic nitrogens is 1. The second-order valence-electron chi connectivity index (χ2n) is 3.87. The van der Waals surface area contributed by atoms with Crippen molar-refractivity contribution < 1.29 is 9.47 Å². The van der Waals surface area contributed by atoms with Crippen molar-refractivity contribution >= 4 is 5.69 Å². The standard InChI is InChI=1S/C14H16N2O2/c1-3-17-13-5-4-6-14(16-13)18-11-7-8-12(15)10(2)9-11/h4-9H,3,15H2,1-2H3. The summed E-state index contributed by atoms with van der Waals surface area (Å²) in [5.74, 6) is 1.77. The van der Waals surface area contributed by atoms with Crippen LogP contribution in [0, 0.1) is 6.92 Å². The summed E-state index contributed by atoms with van der Waals surface area (Å²) in [6.45, 7) is 4.43. The average Bonchev–Trinajstić information content (AvgIpc) is 2.35. The summed E-state index contributed by atoms with van der Waals surface area (Å²) in [4.78, 5) is 4.23. The topological polar surface area (TPSA) is 57.4 Å². The Kier molecular flexibility index (Phi) is 3.67. The van der Waals surface area contributed by atoms with Crippen molar-refractivity contribution in [1.82, 2.24) is 4.98 Å². The van der Waals surface area contributed by atoms with Crippen LogP contribution in [0.2, 0.25) is 0 Å². The maximum Gasteiger partial charge on any atom is 0.222 e. The van der Waals surface area contributed by atoms with Crippen LogP contribution in [-0.4, -0.2) is 11.6 Å². The largest absolute Gasteiger partial charge is 0.478 e. The lowest BCUT2D eigenvalue weighted by molar-refractivity contribution is 0.321. The molecule has 0 unspecified atom stereocenters. The third kappa shape index (κ3) is 2.91. The van der Waals surface area contributed by atoms with Crippen LogP contribution in [0.4, 0.5) is 5.69 Å². The van der Waals surface area contributed by atoms with Gasteiger partial charge < -0.3 is 15.2 Å². The highest BCUT2D eigenvalue weighted by atomic mass is 16.5. The van der Waals surface area contributed by atoms with E-state index in [0.29, 0.717) is 24.1 Å². The zero-order valence-corrected chi connectivity index (χ0v) is 10.5. The van der Waals surface area contributed by atoms with E-state index in [9.17, 15) is 0 Å². The fraction of sp³-hybridized carbons (Fsp3) is 0.214. The van der Waals surface area contributed by atoms with Crippen LogP contribution in [0.25, 0.3) is 0 Å². The number of benzene rings is 1. The minimum absolute atomic E-state index is 0.505. The first-order valence-electron chi connectivity index (χ1n) is 5.83. The number of nitrogens with two attached hydrogens (primary N) is 1. The molecule has 94 valence electrons. The van der Waals surface area contributed by atoms with E-state index in [4.69, 9.17) is 15.2 Å². The van der Waals surface area contributed by atoms with Crippen molar-refractivity contribution in [3.63, 3.8) is 0 Å². The Hall–Kier alpha value is -2.23. The van der Waals surface area contributed by atoms with Gasteiger partial charge in [-0.15, -0.1) is 0 Å². The zero-order chi connectivity index (χ0) is 13.0. The van der Waals surface area contributed by atoms with Gasteiger partial charge in [0.25, 0.3) is 0 Å². The van der Waals surface area contributed by atoms with Crippen LogP contribution in [0.5, 0.6) is 17.5 Å². The molecule has 0 amide bonds. The Morgan fingerprint density at radius 2 is 1.94 bits per heavy atom. The normalized spacial score (nSPS) is 10.1. The number of pyridine rings is 1. The quantitative estimate of drug-likeness (QED) is 0.839. The molecule has 18 heavy (non-hydrogen) atoms. The molecule has 1 aromatic heterocycles. The minimum Gasteiger partial charge on any atom is -0.478 e. The van der Waals surface area contributed by atoms with Gasteiger partial charge in [0.1, 0.15) is 5.75 Å². The molecule has 0 atom stereocenters. The summed E-state index contributed by atoms with van der Waals surface area (Å²) in [5, 5.41) is 0. The monoisotopic (exact) mass is 244 g/mol. The highest BCUT2D eigenvalue weighted by molar-refractivity contribution is 5.50. The number of hydrogen-bond donors (Lipinski definition) is 1. The first-order valence-corrected chi connectivity index (χ1v) is 5.83. The molecule has 0 aliphatic carbocycles. The van der Waals surface area contributed by atoms with Gasteiger partial charge in [-0.25, -0.2) is 0 Å². The Labute approximate surface area is 106 Å². The molecule has 2 N–H and O–H groups in total. The maximum atomic E-state index is 5.75. The van der Waals surface area contributed by atoms with Crippen molar-refractivity contribution in [3.8, 4) is 17.5 Å². The molecule has 0 aliphatic heterocycles. The van der Waals surface area contributed by atoms with Crippen LogP contribution in [-0.2, 0) is 0 Å². The number of rotatable bonds is 4. The lowest BCUT2D eigenvalue weighted by Gasteiger charge is -2.08. The molecule has 4 heteroatoms. The van der Waals surface area contributed by atoms with Crippen LogP contribution in [0.1, 0.15) is 12.5 Å². The van der Waals surface area contributed by atoms with Gasteiger partial charge >= 0.3 is 0 Å². The summed E-state index contributed by atoms with van der Waals surface area (Å²) < 4.78 is 11.0. The van der Waals surface area contributed by atoms with Crippen molar-refractivity contribution in [3.05, 3.63) is 42.0 Å². The summed E-state index contributed by atoms with van der Waals surface area (Å²) in [6.07, 6.45) is 0. The minimum atomic E-state index is 0.505. The highest BCUT2D eigenvalue weighted by Gasteiger charge is 2.02. The van der Waals surface area contributed by atoms with Gasteiger partial charge in [-0.3, -0.25) is 0 Å². The summed E-state index contributed by atoms with van der Waals surface area (Å²) in [5.41, 5.74) is 7.48. The van der Waals surface area contributed by atoms with E-state index in [2.05, 4.69) is 4.98 Å². The molecule has 1 heterocycles. The van der Waals surface area contributed by atoms with E-state index in [-0.39, 0.29) is 0 Å². The smallest absolute Gasteiger partial charge is 0.222 e. The zero-order valence-electron chi connectivity index (χ0n) is 10.5. The highest BCUT2D eigenvalue weighted by Crippen LogP contribution is 2.24. The average molecular weight is 244 g/mol. The lowest BCUT2D eigenvalue weighted by Crippen LogP contribution is -1.96. The second kappa shape index (κ2) is 5.40. The van der Waals surface area contributed by atoms with Gasteiger partial charge in [-0.1, -0.05) is 6.07 Å². The number of nitrogen functional groups attached to an aromatic ring is 1. The molecule has 4 nitrogen and oxygen atoms in total. The summed E-state index contributed by atoms with van der Waals surface area (Å²) in [7, 11) is 0. The van der Waals surface area contributed by atoms with Crippen molar-refractivity contribution in [2.75, 3.05) is 12.3 Å². The fourth-order valence-electron chi connectivity index (χ4n) is 1.51. The molecule has 0 aliphatic rings. The van der Waals surface area contributed by atoms with Crippen molar-refractivity contribution in [2.24, 2.45) is 0 Å². The van der Waals surface area contributed by atoms with Crippen LogP contribution in [0.15, 0.2) is 36.4 Å². The van der Waals surface area contributed by atoms with Gasteiger partial charge in [0.15, 0.2) is 0 Å². The Bertz CT molecular complexity index is 541. The first kappa shape index (κ1) is 12.2. The Balaban J connectivity index is 2.17. The number of aryl methyl sites for hydroxylation is 1. The van der Waals surface area contributed by atoms with Gasteiger partial charge in [-0.05, 0) is 37.6 Å². The summed E-state index contributed by atoms with van der Waals surface area (Å²) in [6, 6.07) is 10.9. The van der Waals surface area contributed by atoms with E-state index < -0.39 is 0 Å². The van der Waals surface area contributed by atoms with E-state index in [0.717, 1.165) is 11.3 Å². The summed E-state index contributed by atoms with van der Waals surface area (Å²) >= 11 is 0. The van der Waals surface area contributed by atoms with Gasteiger partial charge in [0.05, 0.1) is 6.61 Å². The number of hydrogen-bond acceptors (Lipinski definition) is 4. The SMILES string of the molecule is CCOc1cccc(Oc2ccc(N)c(C)c2)n1. The number of ether oxygens (including phenoxy) is 2. The molecule has 0 spiro atoms. The Morgan fingerprint density at radius 1 is 1.17 bits per heavy atom. The third-order valence-corrected chi connectivity index (χ3v) is 2.45. The van der Waals surface area contributed by atoms with Crippen LogP contribution in [0.3, 0.4) is 0 Å². The lowest BCUT2D eigenvalue weighted by atomic mass is 10.2. The van der Waals surface area contributed by atoms with E-state index in [1.54, 1.807) is 12.1 Å². The van der Waals surface area contributed by atoms with Gasteiger partial charge in [-0.2, -0.15) is 4.98 Å². The molecule has 1 aromatic carbocycles. The molecule has 2 rings (SSSR count). The van der Waals surface area contributed by atoms with Crippen molar-refractivity contribution in [1.29, 1.82) is 0 Å². The molecular formula is C14H16N2O2. The van der Waals surface area contributed by atoms with Crippen LogP contribution < -0.4 is 15.2 Å². The predicted octanol–water partition coefficient (Wildman–Crippen LogP) is 3.16. The third-order valence-electron chi connectivity index (χ3n) is 2.45. The molecule has 2 aromatic rings. The number of anilines is 1. The number of nitrogens with zero attached hydrogens (tertiary/aromatic N) is 1. The van der Waals surface area contributed by atoms with Gasteiger partial charge in [0.2, 0.25) is 11.8 Å². The predicted molar refractivity (Wildman–Crippen MR) is 71.1 cm³/mol.